The summed E-state index contributed by atoms with van der Waals surface area (Å²) in [6.07, 6.45) is 0.823. The van der Waals surface area contributed by atoms with Gasteiger partial charge in [0.2, 0.25) is 5.75 Å². The van der Waals surface area contributed by atoms with E-state index in [-0.39, 0.29) is 11.8 Å². The molecule has 0 radical (unpaired) electrons. The van der Waals surface area contributed by atoms with Gasteiger partial charge in [0.25, 0.3) is 0 Å². The molecule has 0 unspecified atom stereocenters. The van der Waals surface area contributed by atoms with E-state index in [4.69, 9.17) is 14.2 Å². The molecular formula is C16H23NO4. The molecule has 1 fully saturated rings. The molecule has 0 bridgehead atoms. The average molecular weight is 293 g/mol. The number of nitrogens with one attached hydrogen (secondary N) is 1. The molecule has 1 N–H and O–H groups in total. The van der Waals surface area contributed by atoms with Gasteiger partial charge in [0, 0.05) is 11.5 Å². The lowest BCUT2D eigenvalue weighted by molar-refractivity contribution is -0.126. The van der Waals surface area contributed by atoms with Gasteiger partial charge in [0.1, 0.15) is 5.78 Å². The minimum atomic E-state index is -0.412. The van der Waals surface area contributed by atoms with Crippen molar-refractivity contribution in [2.24, 2.45) is 5.41 Å². The van der Waals surface area contributed by atoms with Gasteiger partial charge in [-0.2, -0.15) is 0 Å². The van der Waals surface area contributed by atoms with Crippen molar-refractivity contribution in [1.29, 1.82) is 0 Å². The first-order valence-electron chi connectivity index (χ1n) is 7.02. The number of carbonyl (C=O) groups is 1. The molecule has 1 aromatic carbocycles. The van der Waals surface area contributed by atoms with Gasteiger partial charge >= 0.3 is 0 Å². The molecule has 5 nitrogen and oxygen atoms in total. The van der Waals surface area contributed by atoms with Crippen molar-refractivity contribution in [3.63, 3.8) is 0 Å². The second-order valence-electron chi connectivity index (χ2n) is 5.57. The zero-order chi connectivity index (χ0) is 15.6. The molecule has 1 saturated heterocycles. The molecule has 0 saturated carbocycles. The summed E-state index contributed by atoms with van der Waals surface area (Å²) in [7, 11) is 4.76. The van der Waals surface area contributed by atoms with Crippen molar-refractivity contribution >= 4 is 5.78 Å². The van der Waals surface area contributed by atoms with Crippen LogP contribution in [0.4, 0.5) is 0 Å². The van der Waals surface area contributed by atoms with E-state index >= 15 is 0 Å². The van der Waals surface area contributed by atoms with Crippen molar-refractivity contribution in [2.45, 2.75) is 26.3 Å². The van der Waals surface area contributed by atoms with E-state index in [1.807, 2.05) is 19.1 Å². The maximum Gasteiger partial charge on any atom is 0.203 e. The van der Waals surface area contributed by atoms with Gasteiger partial charge in [0.05, 0.1) is 21.3 Å². The third kappa shape index (κ3) is 2.58. The Morgan fingerprint density at radius 3 is 2.19 bits per heavy atom. The van der Waals surface area contributed by atoms with E-state index < -0.39 is 5.41 Å². The molecule has 0 amide bonds. The Labute approximate surface area is 125 Å². The van der Waals surface area contributed by atoms with Crippen LogP contribution in [0.5, 0.6) is 17.2 Å². The molecule has 0 aromatic heterocycles. The summed E-state index contributed by atoms with van der Waals surface area (Å²) in [4.78, 5) is 12.1. The van der Waals surface area contributed by atoms with E-state index in [1.165, 1.54) is 0 Å². The number of ketones is 1. The summed E-state index contributed by atoms with van der Waals surface area (Å²) in [6.45, 7) is 4.47. The van der Waals surface area contributed by atoms with Crippen LogP contribution in [0.25, 0.3) is 0 Å². The van der Waals surface area contributed by atoms with Crippen LogP contribution >= 0.6 is 0 Å². The van der Waals surface area contributed by atoms with Crippen molar-refractivity contribution in [2.75, 3.05) is 27.9 Å². The first-order valence-corrected chi connectivity index (χ1v) is 7.02. The minimum absolute atomic E-state index is 0.0521. The number of carbonyl (C=O) groups excluding carboxylic acids is 1. The fourth-order valence-electron chi connectivity index (χ4n) is 2.98. The van der Waals surface area contributed by atoms with Gasteiger partial charge in [-0.3, -0.25) is 4.79 Å². The topological polar surface area (TPSA) is 56.8 Å². The zero-order valence-electron chi connectivity index (χ0n) is 13.3. The maximum absolute atomic E-state index is 12.1. The molecule has 1 aliphatic heterocycles. The van der Waals surface area contributed by atoms with Crippen molar-refractivity contribution in [3.05, 3.63) is 17.7 Å². The minimum Gasteiger partial charge on any atom is -0.493 e. The number of ether oxygens (including phenoxy) is 3. The third-order valence-corrected chi connectivity index (χ3v) is 4.45. The van der Waals surface area contributed by atoms with Gasteiger partial charge in [-0.25, -0.2) is 0 Å². The van der Waals surface area contributed by atoms with Crippen molar-refractivity contribution < 1.29 is 19.0 Å². The zero-order valence-corrected chi connectivity index (χ0v) is 13.3. The van der Waals surface area contributed by atoms with E-state index in [9.17, 15) is 4.79 Å². The highest BCUT2D eigenvalue weighted by Gasteiger charge is 2.43. The van der Waals surface area contributed by atoms with Crippen LogP contribution in [0.2, 0.25) is 0 Å². The lowest BCUT2D eigenvalue weighted by Crippen LogP contribution is -2.32. The van der Waals surface area contributed by atoms with Crippen LogP contribution in [0.3, 0.4) is 0 Å². The molecule has 0 spiro atoms. The quantitative estimate of drug-likeness (QED) is 0.903. The van der Waals surface area contributed by atoms with Gasteiger partial charge in [-0.1, -0.05) is 6.92 Å². The summed E-state index contributed by atoms with van der Waals surface area (Å²) < 4.78 is 16.1. The number of benzene rings is 1. The third-order valence-electron chi connectivity index (χ3n) is 4.45. The Hall–Kier alpha value is -1.75. The summed E-state index contributed by atoms with van der Waals surface area (Å²) in [5, 5.41) is 3.41. The van der Waals surface area contributed by atoms with Crippen LogP contribution in [0, 0.1) is 5.41 Å². The highest BCUT2D eigenvalue weighted by molar-refractivity contribution is 5.83. The molecule has 5 heteroatoms. The number of hydrogen-bond donors (Lipinski definition) is 1. The molecule has 2 rings (SSSR count). The Morgan fingerprint density at radius 1 is 1.19 bits per heavy atom. The lowest BCUT2D eigenvalue weighted by atomic mass is 9.76. The molecule has 2 atom stereocenters. The van der Waals surface area contributed by atoms with Gasteiger partial charge in [-0.05, 0) is 37.6 Å². The normalized spacial score (nSPS) is 24.7. The Kier molecular flexibility index (Phi) is 4.42. The van der Waals surface area contributed by atoms with Crippen molar-refractivity contribution in [3.8, 4) is 17.2 Å². The highest BCUT2D eigenvalue weighted by atomic mass is 16.5. The number of Topliss-reactive ketones (excluding diaryl/α,β-unsaturated/α-hetero) is 1. The fourth-order valence-corrected chi connectivity index (χ4v) is 2.98. The average Bonchev–Trinajstić information content (AvgIpc) is 2.89. The number of hydrogen-bond acceptors (Lipinski definition) is 5. The van der Waals surface area contributed by atoms with Crippen LogP contribution < -0.4 is 19.5 Å². The largest absolute Gasteiger partial charge is 0.493 e. The highest BCUT2D eigenvalue weighted by Crippen LogP contribution is 2.46. The van der Waals surface area contributed by atoms with Crippen molar-refractivity contribution in [1.82, 2.24) is 5.32 Å². The Bertz CT molecular complexity index is 518. The molecule has 116 valence electrons. The molecule has 1 aliphatic rings. The SMILES string of the molecule is COc1cc([C@H]2NCC[C@@]2(C)C(C)=O)cc(OC)c1OC. The Morgan fingerprint density at radius 2 is 1.76 bits per heavy atom. The van der Waals surface area contributed by atoms with Crippen LogP contribution in [-0.4, -0.2) is 33.7 Å². The molecular weight excluding hydrogens is 270 g/mol. The summed E-state index contributed by atoms with van der Waals surface area (Å²) >= 11 is 0. The van der Waals surface area contributed by atoms with E-state index in [2.05, 4.69) is 5.32 Å². The summed E-state index contributed by atoms with van der Waals surface area (Å²) in [5.74, 6) is 1.95. The fraction of sp³-hybridized carbons (Fsp3) is 0.562. The van der Waals surface area contributed by atoms with Crippen LogP contribution in [-0.2, 0) is 4.79 Å². The lowest BCUT2D eigenvalue weighted by Gasteiger charge is -2.29. The van der Waals surface area contributed by atoms with Crippen LogP contribution in [0.1, 0.15) is 31.9 Å². The first kappa shape index (κ1) is 15.6. The van der Waals surface area contributed by atoms with Gasteiger partial charge in [0.15, 0.2) is 11.5 Å². The molecule has 0 aliphatic carbocycles. The van der Waals surface area contributed by atoms with E-state index in [0.29, 0.717) is 17.2 Å². The monoisotopic (exact) mass is 293 g/mol. The first-order chi connectivity index (χ1) is 9.97. The predicted octanol–water partition coefficient (Wildman–Crippen LogP) is 2.34. The molecule has 1 aromatic rings. The summed E-state index contributed by atoms with van der Waals surface area (Å²) in [6, 6.07) is 3.76. The van der Waals surface area contributed by atoms with Gasteiger partial charge in [-0.15, -0.1) is 0 Å². The smallest absolute Gasteiger partial charge is 0.203 e. The molecule has 1 heterocycles. The van der Waals surface area contributed by atoms with Gasteiger partial charge < -0.3 is 19.5 Å². The van der Waals surface area contributed by atoms with Crippen LogP contribution in [0.15, 0.2) is 12.1 Å². The Balaban J connectivity index is 2.51. The molecule has 21 heavy (non-hydrogen) atoms. The maximum atomic E-state index is 12.1. The second-order valence-corrected chi connectivity index (χ2v) is 5.57. The van der Waals surface area contributed by atoms with E-state index in [1.54, 1.807) is 28.3 Å². The summed E-state index contributed by atoms with van der Waals surface area (Å²) in [5.41, 5.74) is 0.560. The second kappa shape index (κ2) is 5.93. The standard InChI is InChI=1S/C16H23NO4/c1-10(18)16(2)6-7-17-15(16)11-8-12(19-3)14(21-5)13(9-11)20-4/h8-9,15,17H,6-7H2,1-5H3/t15-,16+/m1/s1. The van der Waals surface area contributed by atoms with E-state index in [0.717, 1.165) is 18.5 Å². The number of rotatable bonds is 5. The number of methoxy groups -OCH3 is 3. The predicted molar refractivity (Wildman–Crippen MR) is 80.2 cm³/mol.